The summed E-state index contributed by atoms with van der Waals surface area (Å²) in [6, 6.07) is 11.5. The maximum Gasteiger partial charge on any atom is 0.257 e. The smallest absolute Gasteiger partial charge is 0.257 e. The Hall–Kier alpha value is -2.27. The summed E-state index contributed by atoms with van der Waals surface area (Å²) in [5.41, 5.74) is 0.808. The van der Waals surface area contributed by atoms with Crippen LogP contribution >= 0.6 is 0 Å². The fourth-order valence-electron chi connectivity index (χ4n) is 1.95. The number of amides is 1. The second-order valence-corrected chi connectivity index (χ2v) is 4.52. The molecule has 0 saturated carbocycles. The van der Waals surface area contributed by atoms with Gasteiger partial charge in [-0.05, 0) is 24.3 Å². The summed E-state index contributed by atoms with van der Waals surface area (Å²) in [4.78, 5) is 18.2. The van der Waals surface area contributed by atoms with E-state index in [4.69, 9.17) is 4.74 Å². The lowest BCUT2D eigenvalue weighted by molar-refractivity contribution is 0.0673. The van der Waals surface area contributed by atoms with Gasteiger partial charge in [-0.25, -0.2) is 4.39 Å². The lowest BCUT2D eigenvalue weighted by atomic mass is 10.1. The second kappa shape index (κ2) is 7.50. The Kier molecular flexibility index (Phi) is 5.40. The van der Waals surface area contributed by atoms with Crippen molar-refractivity contribution in [1.82, 2.24) is 9.88 Å². The van der Waals surface area contributed by atoms with Gasteiger partial charge in [0.25, 0.3) is 5.91 Å². The molecule has 0 unspecified atom stereocenters. The first kappa shape index (κ1) is 15.1. The van der Waals surface area contributed by atoms with Gasteiger partial charge in [0.15, 0.2) is 0 Å². The Labute approximate surface area is 123 Å². The number of carbonyl (C=O) groups is 1. The monoisotopic (exact) mass is 288 g/mol. The highest BCUT2D eigenvalue weighted by Gasteiger charge is 2.19. The zero-order valence-electron chi connectivity index (χ0n) is 11.8. The maximum atomic E-state index is 13.8. The Morgan fingerprint density at radius 1 is 1.24 bits per heavy atom. The number of benzene rings is 1. The largest absolute Gasteiger partial charge is 0.383 e. The van der Waals surface area contributed by atoms with Crippen LogP contribution in [0.25, 0.3) is 0 Å². The van der Waals surface area contributed by atoms with Gasteiger partial charge >= 0.3 is 0 Å². The standard InChI is InChI=1S/C16H17FN2O2/c1-21-11-10-19(12-13-6-4-5-9-18-13)16(20)14-7-2-3-8-15(14)17/h2-9H,10-12H2,1H3. The number of aromatic nitrogens is 1. The van der Waals surface area contributed by atoms with E-state index in [2.05, 4.69) is 4.98 Å². The molecule has 1 amide bonds. The summed E-state index contributed by atoms with van der Waals surface area (Å²) in [6.45, 7) is 1.07. The van der Waals surface area contributed by atoms with Crippen LogP contribution in [0, 0.1) is 5.82 Å². The van der Waals surface area contributed by atoms with Crippen molar-refractivity contribution in [3.8, 4) is 0 Å². The van der Waals surface area contributed by atoms with Crippen molar-refractivity contribution >= 4 is 5.91 Å². The van der Waals surface area contributed by atoms with E-state index in [9.17, 15) is 9.18 Å². The predicted octanol–water partition coefficient (Wildman–Crippen LogP) is 2.51. The molecule has 2 rings (SSSR count). The molecule has 0 bridgehead atoms. The van der Waals surface area contributed by atoms with Crippen molar-refractivity contribution in [3.63, 3.8) is 0 Å². The van der Waals surface area contributed by atoms with Gasteiger partial charge in [-0.2, -0.15) is 0 Å². The van der Waals surface area contributed by atoms with Gasteiger partial charge in [0.05, 0.1) is 24.4 Å². The molecule has 2 aromatic rings. The third-order valence-corrected chi connectivity index (χ3v) is 3.04. The van der Waals surface area contributed by atoms with E-state index in [-0.39, 0.29) is 11.5 Å². The van der Waals surface area contributed by atoms with E-state index in [0.29, 0.717) is 19.7 Å². The number of rotatable bonds is 6. The van der Waals surface area contributed by atoms with Crippen molar-refractivity contribution in [1.29, 1.82) is 0 Å². The molecular formula is C16H17FN2O2. The van der Waals surface area contributed by atoms with E-state index in [1.807, 2.05) is 18.2 Å². The summed E-state index contributed by atoms with van der Waals surface area (Å²) < 4.78 is 18.8. The molecule has 0 saturated heterocycles. The Morgan fingerprint density at radius 2 is 2.00 bits per heavy atom. The summed E-state index contributed by atoms with van der Waals surface area (Å²) in [6.07, 6.45) is 1.66. The number of hydrogen-bond donors (Lipinski definition) is 0. The summed E-state index contributed by atoms with van der Waals surface area (Å²) in [5, 5.41) is 0. The van der Waals surface area contributed by atoms with Gasteiger partial charge in [0.2, 0.25) is 0 Å². The van der Waals surface area contributed by atoms with Crippen LogP contribution in [0.2, 0.25) is 0 Å². The SMILES string of the molecule is COCCN(Cc1ccccn1)C(=O)c1ccccc1F. The van der Waals surface area contributed by atoms with Crippen LogP contribution in [-0.4, -0.2) is 36.1 Å². The molecule has 0 spiro atoms. The van der Waals surface area contributed by atoms with Crippen LogP contribution in [0.5, 0.6) is 0 Å². The number of carbonyl (C=O) groups excluding carboxylic acids is 1. The maximum absolute atomic E-state index is 13.8. The van der Waals surface area contributed by atoms with Crippen LogP contribution in [0.3, 0.4) is 0 Å². The van der Waals surface area contributed by atoms with Crippen molar-refractivity contribution in [2.75, 3.05) is 20.3 Å². The quantitative estimate of drug-likeness (QED) is 0.820. The van der Waals surface area contributed by atoms with Crippen LogP contribution in [0.1, 0.15) is 16.1 Å². The average molecular weight is 288 g/mol. The molecule has 0 aliphatic carbocycles. The van der Waals surface area contributed by atoms with E-state index < -0.39 is 5.82 Å². The number of nitrogens with zero attached hydrogens (tertiary/aromatic N) is 2. The zero-order chi connectivity index (χ0) is 15.1. The lowest BCUT2D eigenvalue weighted by Crippen LogP contribution is -2.34. The van der Waals surface area contributed by atoms with Crippen molar-refractivity contribution < 1.29 is 13.9 Å². The molecule has 0 fully saturated rings. The first-order chi connectivity index (χ1) is 10.2. The number of halogens is 1. The Bertz CT molecular complexity index is 590. The molecule has 0 atom stereocenters. The minimum absolute atomic E-state index is 0.0598. The van der Waals surface area contributed by atoms with E-state index in [0.717, 1.165) is 5.69 Å². The number of ether oxygens (including phenoxy) is 1. The first-order valence-corrected chi connectivity index (χ1v) is 6.65. The highest BCUT2D eigenvalue weighted by molar-refractivity contribution is 5.94. The van der Waals surface area contributed by atoms with Gasteiger partial charge < -0.3 is 9.64 Å². The van der Waals surface area contributed by atoms with Crippen LogP contribution in [-0.2, 0) is 11.3 Å². The third kappa shape index (κ3) is 4.10. The average Bonchev–Trinajstić information content (AvgIpc) is 2.52. The predicted molar refractivity (Wildman–Crippen MR) is 77.3 cm³/mol. The minimum Gasteiger partial charge on any atom is -0.383 e. The minimum atomic E-state index is -0.522. The van der Waals surface area contributed by atoms with Crippen LogP contribution in [0.4, 0.5) is 4.39 Å². The van der Waals surface area contributed by atoms with E-state index >= 15 is 0 Å². The molecule has 110 valence electrons. The Balaban J connectivity index is 2.19. The molecule has 1 heterocycles. The van der Waals surface area contributed by atoms with Gasteiger partial charge in [-0.3, -0.25) is 9.78 Å². The first-order valence-electron chi connectivity index (χ1n) is 6.65. The molecule has 4 nitrogen and oxygen atoms in total. The highest BCUT2D eigenvalue weighted by atomic mass is 19.1. The number of hydrogen-bond acceptors (Lipinski definition) is 3. The molecule has 1 aromatic heterocycles. The fraction of sp³-hybridized carbons (Fsp3) is 0.250. The Morgan fingerprint density at radius 3 is 2.67 bits per heavy atom. The van der Waals surface area contributed by atoms with Crippen molar-refractivity contribution in [2.24, 2.45) is 0 Å². The fourth-order valence-corrected chi connectivity index (χ4v) is 1.95. The molecular weight excluding hydrogens is 271 g/mol. The van der Waals surface area contributed by atoms with Gasteiger partial charge in [0.1, 0.15) is 5.82 Å². The van der Waals surface area contributed by atoms with Crippen molar-refractivity contribution in [3.05, 3.63) is 65.7 Å². The molecule has 0 radical (unpaired) electrons. The summed E-state index contributed by atoms with van der Waals surface area (Å²) >= 11 is 0. The second-order valence-electron chi connectivity index (χ2n) is 4.52. The van der Waals surface area contributed by atoms with E-state index in [1.54, 1.807) is 25.4 Å². The molecule has 0 N–H and O–H groups in total. The van der Waals surface area contributed by atoms with Crippen LogP contribution < -0.4 is 0 Å². The van der Waals surface area contributed by atoms with Gasteiger partial charge in [-0.15, -0.1) is 0 Å². The zero-order valence-corrected chi connectivity index (χ0v) is 11.8. The summed E-state index contributed by atoms with van der Waals surface area (Å²) in [5.74, 6) is -0.887. The third-order valence-electron chi connectivity index (χ3n) is 3.04. The molecule has 1 aromatic carbocycles. The van der Waals surface area contributed by atoms with Gasteiger partial charge in [-0.1, -0.05) is 18.2 Å². The van der Waals surface area contributed by atoms with Crippen LogP contribution in [0.15, 0.2) is 48.7 Å². The van der Waals surface area contributed by atoms with Crippen molar-refractivity contribution in [2.45, 2.75) is 6.54 Å². The molecule has 21 heavy (non-hydrogen) atoms. The topological polar surface area (TPSA) is 42.4 Å². The van der Waals surface area contributed by atoms with Gasteiger partial charge in [0, 0.05) is 19.9 Å². The molecule has 5 heteroatoms. The van der Waals surface area contributed by atoms with E-state index in [1.165, 1.54) is 17.0 Å². The summed E-state index contributed by atoms with van der Waals surface area (Å²) in [7, 11) is 1.56. The normalized spacial score (nSPS) is 10.4. The molecule has 0 aliphatic rings. The molecule has 0 aliphatic heterocycles. The number of pyridine rings is 1. The number of methoxy groups -OCH3 is 1. The highest BCUT2D eigenvalue weighted by Crippen LogP contribution is 2.12. The lowest BCUT2D eigenvalue weighted by Gasteiger charge is -2.22.